The Kier molecular flexibility index (Phi) is 3.83. The minimum atomic E-state index is -1.41. The van der Waals surface area contributed by atoms with Crippen LogP contribution in [0.2, 0.25) is 0 Å². The molecule has 0 spiro atoms. The lowest BCUT2D eigenvalue weighted by atomic mass is 9.80. The topological polar surface area (TPSA) is 71.2 Å². The van der Waals surface area contributed by atoms with Gasteiger partial charge < -0.3 is 10.0 Å². The molecule has 0 amide bonds. The molecule has 0 aliphatic rings. The maximum atomic E-state index is 8.96. The second kappa shape index (κ2) is 5.35. The summed E-state index contributed by atoms with van der Waals surface area (Å²) in [4.78, 5) is 4.11. The SMILES string of the molecule is Cn1ncnc1SCc1ccc(B(O)O)cc1. The van der Waals surface area contributed by atoms with Crippen LogP contribution in [0.15, 0.2) is 35.7 Å². The lowest BCUT2D eigenvalue weighted by Crippen LogP contribution is -2.29. The molecular weight excluding hydrogens is 237 g/mol. The summed E-state index contributed by atoms with van der Waals surface area (Å²) >= 11 is 1.59. The van der Waals surface area contributed by atoms with Crippen molar-refractivity contribution in [3.05, 3.63) is 36.2 Å². The predicted octanol–water partition coefficient (Wildman–Crippen LogP) is -0.213. The van der Waals surface area contributed by atoms with Crippen molar-refractivity contribution in [2.45, 2.75) is 10.9 Å². The Bertz CT molecular complexity index is 487. The van der Waals surface area contributed by atoms with Crippen LogP contribution in [-0.2, 0) is 12.8 Å². The van der Waals surface area contributed by atoms with Crippen LogP contribution in [0.1, 0.15) is 5.56 Å². The summed E-state index contributed by atoms with van der Waals surface area (Å²) in [6.45, 7) is 0. The first-order valence-corrected chi connectivity index (χ1v) is 6.07. The van der Waals surface area contributed by atoms with Gasteiger partial charge in [0.1, 0.15) is 6.33 Å². The Morgan fingerprint density at radius 1 is 1.29 bits per heavy atom. The fourth-order valence-electron chi connectivity index (χ4n) is 1.35. The molecule has 7 heteroatoms. The number of hydrogen-bond donors (Lipinski definition) is 2. The van der Waals surface area contributed by atoms with E-state index in [9.17, 15) is 0 Å². The Balaban J connectivity index is 1.98. The summed E-state index contributed by atoms with van der Waals surface area (Å²) in [6, 6.07) is 7.16. The minimum Gasteiger partial charge on any atom is -0.423 e. The normalized spacial score (nSPS) is 10.5. The molecule has 17 heavy (non-hydrogen) atoms. The highest BCUT2D eigenvalue weighted by atomic mass is 32.2. The lowest BCUT2D eigenvalue weighted by molar-refractivity contribution is 0.426. The van der Waals surface area contributed by atoms with E-state index in [4.69, 9.17) is 10.0 Å². The molecule has 1 aromatic heterocycles. The molecule has 88 valence electrons. The fraction of sp³-hybridized carbons (Fsp3) is 0.200. The van der Waals surface area contributed by atoms with E-state index in [2.05, 4.69) is 10.1 Å². The first-order chi connectivity index (χ1) is 8.16. The molecule has 1 aromatic carbocycles. The molecule has 0 saturated heterocycles. The molecule has 0 aliphatic heterocycles. The van der Waals surface area contributed by atoms with E-state index in [0.29, 0.717) is 5.46 Å². The van der Waals surface area contributed by atoms with E-state index in [1.165, 1.54) is 6.33 Å². The standard InChI is InChI=1S/C10H12BN3O2S/c1-14-10(12-7-13-14)17-6-8-2-4-9(5-3-8)11(15)16/h2-5,7,15-16H,6H2,1H3. The molecule has 1 heterocycles. The van der Waals surface area contributed by atoms with Crippen molar-refractivity contribution in [2.24, 2.45) is 7.05 Å². The Labute approximate surface area is 104 Å². The summed E-state index contributed by atoms with van der Waals surface area (Å²) in [5.41, 5.74) is 1.60. The van der Waals surface area contributed by atoms with Crippen molar-refractivity contribution in [1.29, 1.82) is 0 Å². The summed E-state index contributed by atoms with van der Waals surface area (Å²) in [5.74, 6) is 0.772. The van der Waals surface area contributed by atoms with Crippen molar-refractivity contribution < 1.29 is 10.0 Å². The zero-order chi connectivity index (χ0) is 12.3. The molecule has 0 saturated carbocycles. The monoisotopic (exact) mass is 249 g/mol. The van der Waals surface area contributed by atoms with Crippen molar-refractivity contribution in [3.63, 3.8) is 0 Å². The van der Waals surface area contributed by atoms with Crippen LogP contribution in [-0.4, -0.2) is 31.9 Å². The van der Waals surface area contributed by atoms with Crippen molar-refractivity contribution in [2.75, 3.05) is 0 Å². The summed E-state index contributed by atoms with van der Waals surface area (Å²) in [7, 11) is 0.441. The first-order valence-electron chi connectivity index (χ1n) is 5.08. The number of thioether (sulfide) groups is 1. The molecule has 0 bridgehead atoms. The molecule has 0 unspecified atom stereocenters. The van der Waals surface area contributed by atoms with Gasteiger partial charge in [0.15, 0.2) is 5.16 Å². The van der Waals surface area contributed by atoms with Crippen LogP contribution in [0.3, 0.4) is 0 Å². The molecule has 2 aromatic rings. The minimum absolute atomic E-state index is 0.498. The van der Waals surface area contributed by atoms with Gasteiger partial charge in [0.05, 0.1) is 0 Å². The maximum absolute atomic E-state index is 8.96. The number of hydrogen-bond acceptors (Lipinski definition) is 5. The van der Waals surface area contributed by atoms with Gasteiger partial charge in [-0.15, -0.1) is 0 Å². The smallest absolute Gasteiger partial charge is 0.423 e. The van der Waals surface area contributed by atoms with Crippen LogP contribution in [0.4, 0.5) is 0 Å². The highest BCUT2D eigenvalue weighted by Gasteiger charge is 2.10. The molecule has 0 radical (unpaired) electrons. The third kappa shape index (κ3) is 3.09. The van der Waals surface area contributed by atoms with Crippen LogP contribution >= 0.6 is 11.8 Å². The zero-order valence-electron chi connectivity index (χ0n) is 9.32. The summed E-state index contributed by atoms with van der Waals surface area (Å²) in [6.07, 6.45) is 1.52. The number of aryl methyl sites for hydroxylation is 1. The van der Waals surface area contributed by atoms with E-state index in [-0.39, 0.29) is 0 Å². The molecule has 5 nitrogen and oxygen atoms in total. The molecular formula is C10H12BN3O2S. The molecule has 0 fully saturated rings. The third-order valence-electron chi connectivity index (χ3n) is 2.32. The molecule has 0 atom stereocenters. The second-order valence-electron chi connectivity index (χ2n) is 3.57. The fourth-order valence-corrected chi connectivity index (χ4v) is 2.19. The Morgan fingerprint density at radius 3 is 2.53 bits per heavy atom. The highest BCUT2D eigenvalue weighted by molar-refractivity contribution is 7.98. The van der Waals surface area contributed by atoms with Gasteiger partial charge in [-0.2, -0.15) is 5.10 Å². The number of benzene rings is 1. The quantitative estimate of drug-likeness (QED) is 0.579. The summed E-state index contributed by atoms with van der Waals surface area (Å²) in [5, 5.41) is 22.8. The number of aromatic nitrogens is 3. The van der Waals surface area contributed by atoms with Crippen LogP contribution in [0.5, 0.6) is 0 Å². The van der Waals surface area contributed by atoms with Gasteiger partial charge in [0, 0.05) is 12.8 Å². The van der Waals surface area contributed by atoms with Crippen molar-refractivity contribution >= 4 is 24.3 Å². The van der Waals surface area contributed by atoms with Crippen LogP contribution in [0.25, 0.3) is 0 Å². The predicted molar refractivity (Wildman–Crippen MR) is 66.8 cm³/mol. The van der Waals surface area contributed by atoms with Crippen molar-refractivity contribution in [3.8, 4) is 0 Å². The Hall–Kier alpha value is -1.31. The Morgan fingerprint density at radius 2 is 2.00 bits per heavy atom. The van der Waals surface area contributed by atoms with E-state index < -0.39 is 7.12 Å². The van der Waals surface area contributed by atoms with Gasteiger partial charge >= 0.3 is 7.12 Å². The number of rotatable bonds is 4. The lowest BCUT2D eigenvalue weighted by Gasteiger charge is -2.03. The molecule has 2 rings (SSSR count). The zero-order valence-corrected chi connectivity index (χ0v) is 10.1. The van der Waals surface area contributed by atoms with Gasteiger partial charge in [-0.05, 0) is 11.0 Å². The van der Waals surface area contributed by atoms with Crippen LogP contribution < -0.4 is 5.46 Å². The third-order valence-corrected chi connectivity index (χ3v) is 3.42. The van der Waals surface area contributed by atoms with Gasteiger partial charge in [-0.25, -0.2) is 9.67 Å². The van der Waals surface area contributed by atoms with Gasteiger partial charge in [0.25, 0.3) is 0 Å². The number of nitrogens with zero attached hydrogens (tertiary/aromatic N) is 3. The largest absolute Gasteiger partial charge is 0.488 e. The van der Waals surface area contributed by atoms with E-state index in [0.717, 1.165) is 16.5 Å². The first kappa shape index (κ1) is 12.2. The van der Waals surface area contributed by atoms with Crippen molar-refractivity contribution in [1.82, 2.24) is 14.8 Å². The van der Waals surface area contributed by atoms with E-state index >= 15 is 0 Å². The highest BCUT2D eigenvalue weighted by Crippen LogP contribution is 2.18. The van der Waals surface area contributed by atoms with E-state index in [1.807, 2.05) is 19.2 Å². The maximum Gasteiger partial charge on any atom is 0.488 e. The van der Waals surface area contributed by atoms with E-state index in [1.54, 1.807) is 28.6 Å². The molecule has 0 aliphatic carbocycles. The average molecular weight is 249 g/mol. The molecule has 2 N–H and O–H groups in total. The van der Waals surface area contributed by atoms with Gasteiger partial charge in [0.2, 0.25) is 0 Å². The average Bonchev–Trinajstić information content (AvgIpc) is 2.73. The van der Waals surface area contributed by atoms with Gasteiger partial charge in [-0.3, -0.25) is 0 Å². The second-order valence-corrected chi connectivity index (χ2v) is 4.51. The van der Waals surface area contributed by atoms with Crippen LogP contribution in [0, 0.1) is 0 Å². The summed E-state index contributed by atoms with van der Waals surface area (Å²) < 4.78 is 1.72. The van der Waals surface area contributed by atoms with Gasteiger partial charge in [-0.1, -0.05) is 36.0 Å².